The third kappa shape index (κ3) is 5.63. The number of thioether (sulfide) groups is 1. The fraction of sp³-hybridized carbons (Fsp3) is 0.0952. The summed E-state index contributed by atoms with van der Waals surface area (Å²) in [6.07, 6.45) is 0. The highest BCUT2D eigenvalue weighted by molar-refractivity contribution is 8.00. The molecule has 1 aromatic heterocycles. The summed E-state index contributed by atoms with van der Waals surface area (Å²) >= 11 is 8.53. The van der Waals surface area contributed by atoms with Crippen molar-refractivity contribution < 1.29 is 19.5 Å². The van der Waals surface area contributed by atoms with Crippen molar-refractivity contribution in [1.82, 2.24) is 0 Å². The maximum Gasteiger partial charge on any atom is 0.337 e. The zero-order chi connectivity index (χ0) is 21.7. The number of thiophene rings is 1. The van der Waals surface area contributed by atoms with Crippen molar-refractivity contribution in [3.63, 3.8) is 0 Å². The SMILES string of the molecule is CC(Sc1cccc(NC(=O)c2cccs2)c1)C(=O)Nc1ccc(Cl)c(C(=O)O)c1. The van der Waals surface area contributed by atoms with Gasteiger partial charge in [-0.3, -0.25) is 9.59 Å². The molecule has 3 rings (SSSR count). The van der Waals surface area contributed by atoms with E-state index >= 15 is 0 Å². The first-order chi connectivity index (χ1) is 14.3. The van der Waals surface area contributed by atoms with Gasteiger partial charge in [-0.2, -0.15) is 0 Å². The molecule has 0 aliphatic rings. The van der Waals surface area contributed by atoms with Crippen LogP contribution in [0, 0.1) is 0 Å². The Balaban J connectivity index is 1.63. The monoisotopic (exact) mass is 460 g/mol. The highest BCUT2D eigenvalue weighted by Gasteiger charge is 2.17. The average Bonchev–Trinajstić information content (AvgIpc) is 3.24. The summed E-state index contributed by atoms with van der Waals surface area (Å²) < 4.78 is 0. The van der Waals surface area contributed by atoms with Gasteiger partial charge in [0.2, 0.25) is 5.91 Å². The Kier molecular flexibility index (Phi) is 7.15. The first-order valence-corrected chi connectivity index (χ1v) is 10.9. The minimum absolute atomic E-state index is 0.0797. The Morgan fingerprint density at radius 2 is 1.80 bits per heavy atom. The molecule has 1 unspecified atom stereocenters. The Hall–Kier alpha value is -2.81. The van der Waals surface area contributed by atoms with E-state index in [1.807, 2.05) is 17.5 Å². The molecule has 3 N–H and O–H groups in total. The number of hydrogen-bond donors (Lipinski definition) is 3. The molecule has 0 saturated heterocycles. The molecule has 6 nitrogen and oxygen atoms in total. The maximum atomic E-state index is 12.5. The van der Waals surface area contributed by atoms with E-state index in [1.54, 1.807) is 37.3 Å². The quantitative estimate of drug-likeness (QED) is 0.406. The highest BCUT2D eigenvalue weighted by Crippen LogP contribution is 2.28. The molecule has 9 heteroatoms. The molecule has 3 aromatic rings. The second-order valence-electron chi connectivity index (χ2n) is 6.21. The number of carboxylic acid groups (broad SMARTS) is 1. The number of nitrogens with one attached hydrogen (secondary N) is 2. The number of halogens is 1. The summed E-state index contributed by atoms with van der Waals surface area (Å²) in [5.74, 6) is -1.64. The number of anilines is 2. The van der Waals surface area contributed by atoms with Crippen molar-refractivity contribution in [1.29, 1.82) is 0 Å². The molecule has 0 radical (unpaired) electrons. The van der Waals surface area contributed by atoms with Crippen molar-refractivity contribution in [2.75, 3.05) is 10.6 Å². The van der Waals surface area contributed by atoms with Gasteiger partial charge in [-0.25, -0.2) is 4.79 Å². The van der Waals surface area contributed by atoms with Gasteiger partial charge >= 0.3 is 5.97 Å². The Bertz CT molecular complexity index is 1090. The molecule has 0 aliphatic heterocycles. The summed E-state index contributed by atoms with van der Waals surface area (Å²) in [7, 11) is 0. The molecular formula is C21H17ClN2O4S2. The molecule has 2 amide bonds. The van der Waals surface area contributed by atoms with E-state index in [1.165, 1.54) is 35.2 Å². The van der Waals surface area contributed by atoms with Crippen molar-refractivity contribution in [3.8, 4) is 0 Å². The first-order valence-electron chi connectivity index (χ1n) is 8.79. The van der Waals surface area contributed by atoms with Gasteiger partial charge in [-0.15, -0.1) is 23.1 Å². The van der Waals surface area contributed by atoms with Crippen LogP contribution in [0.2, 0.25) is 5.02 Å². The predicted octanol–water partition coefficient (Wildman–Crippen LogP) is 5.47. The van der Waals surface area contributed by atoms with Crippen LogP contribution in [0.15, 0.2) is 64.9 Å². The van der Waals surface area contributed by atoms with Crippen LogP contribution in [0.4, 0.5) is 11.4 Å². The smallest absolute Gasteiger partial charge is 0.337 e. The van der Waals surface area contributed by atoms with Crippen molar-refractivity contribution >= 4 is 63.9 Å². The molecule has 0 aliphatic carbocycles. The number of amides is 2. The predicted molar refractivity (Wildman–Crippen MR) is 121 cm³/mol. The molecule has 0 spiro atoms. The minimum Gasteiger partial charge on any atom is -0.478 e. The van der Waals surface area contributed by atoms with E-state index in [4.69, 9.17) is 16.7 Å². The second kappa shape index (κ2) is 9.80. The summed E-state index contributed by atoms with van der Waals surface area (Å²) in [6, 6.07) is 15.1. The molecule has 1 atom stereocenters. The Morgan fingerprint density at radius 3 is 2.50 bits per heavy atom. The van der Waals surface area contributed by atoms with Crippen LogP contribution in [0.3, 0.4) is 0 Å². The molecule has 2 aromatic carbocycles. The lowest BCUT2D eigenvalue weighted by atomic mass is 10.2. The lowest BCUT2D eigenvalue weighted by Gasteiger charge is -2.13. The molecular weight excluding hydrogens is 444 g/mol. The molecule has 1 heterocycles. The van der Waals surface area contributed by atoms with Gasteiger partial charge in [0.25, 0.3) is 5.91 Å². The van der Waals surface area contributed by atoms with Gasteiger partial charge < -0.3 is 15.7 Å². The zero-order valence-corrected chi connectivity index (χ0v) is 18.1. The van der Waals surface area contributed by atoms with E-state index in [9.17, 15) is 14.4 Å². The largest absolute Gasteiger partial charge is 0.478 e. The third-order valence-corrected chi connectivity index (χ3v) is 6.28. The maximum absolute atomic E-state index is 12.5. The van der Waals surface area contributed by atoms with E-state index in [0.29, 0.717) is 16.3 Å². The second-order valence-corrected chi connectivity index (χ2v) is 8.98. The van der Waals surface area contributed by atoms with Gasteiger partial charge in [0.15, 0.2) is 0 Å². The lowest BCUT2D eigenvalue weighted by molar-refractivity contribution is -0.115. The summed E-state index contributed by atoms with van der Waals surface area (Å²) in [5.41, 5.74) is 0.907. The van der Waals surface area contributed by atoms with Crippen LogP contribution in [0.5, 0.6) is 0 Å². The Labute approximate surface area is 186 Å². The topological polar surface area (TPSA) is 95.5 Å². The standard InChI is InChI=1S/C21H17ClN2O4S2/c1-12(19(25)23-14-7-8-17(22)16(11-14)21(27)28)30-15-5-2-4-13(10-15)24-20(26)18-6-3-9-29-18/h2-12H,1H3,(H,23,25)(H,24,26)(H,27,28). The third-order valence-electron chi connectivity index (χ3n) is 3.98. The van der Waals surface area contributed by atoms with Crippen molar-refractivity contribution in [2.24, 2.45) is 0 Å². The van der Waals surface area contributed by atoms with Gasteiger partial charge in [0.05, 0.1) is 20.7 Å². The van der Waals surface area contributed by atoms with Crippen molar-refractivity contribution in [3.05, 3.63) is 75.4 Å². The van der Waals surface area contributed by atoms with Gasteiger partial charge in [-0.05, 0) is 54.8 Å². The van der Waals surface area contributed by atoms with E-state index < -0.39 is 11.2 Å². The number of hydrogen-bond acceptors (Lipinski definition) is 5. The summed E-state index contributed by atoms with van der Waals surface area (Å²) in [5, 5.41) is 16.2. The molecule has 30 heavy (non-hydrogen) atoms. The van der Waals surface area contributed by atoms with Gasteiger partial charge in [0, 0.05) is 16.3 Å². The fourth-order valence-corrected chi connectivity index (χ4v) is 4.26. The highest BCUT2D eigenvalue weighted by atomic mass is 35.5. The number of rotatable bonds is 7. The first kappa shape index (κ1) is 21.9. The zero-order valence-electron chi connectivity index (χ0n) is 15.7. The normalized spacial score (nSPS) is 11.5. The fourth-order valence-electron chi connectivity index (χ4n) is 2.52. The van der Waals surface area contributed by atoms with Crippen LogP contribution < -0.4 is 10.6 Å². The molecule has 0 bridgehead atoms. The van der Waals surface area contributed by atoms with E-state index in [2.05, 4.69) is 10.6 Å². The van der Waals surface area contributed by atoms with Gasteiger partial charge in [0.1, 0.15) is 0 Å². The van der Waals surface area contributed by atoms with Crippen molar-refractivity contribution in [2.45, 2.75) is 17.1 Å². The van der Waals surface area contributed by atoms with Crippen LogP contribution in [0.25, 0.3) is 0 Å². The number of carboxylic acids is 1. The number of benzene rings is 2. The van der Waals surface area contributed by atoms with E-state index in [-0.39, 0.29) is 22.4 Å². The summed E-state index contributed by atoms with van der Waals surface area (Å²) in [6.45, 7) is 1.74. The minimum atomic E-state index is -1.17. The average molecular weight is 461 g/mol. The molecule has 0 saturated carbocycles. The van der Waals surface area contributed by atoms with Crippen LogP contribution >= 0.6 is 34.7 Å². The Morgan fingerprint density at radius 1 is 1.03 bits per heavy atom. The molecule has 0 fully saturated rings. The number of carbonyl (C=O) groups excluding carboxylic acids is 2. The summed E-state index contributed by atoms with van der Waals surface area (Å²) in [4.78, 5) is 37.3. The van der Waals surface area contributed by atoms with Crippen LogP contribution in [-0.4, -0.2) is 28.1 Å². The van der Waals surface area contributed by atoms with Gasteiger partial charge in [-0.1, -0.05) is 23.7 Å². The molecule has 154 valence electrons. The number of aromatic carboxylic acids is 1. The number of carbonyl (C=O) groups is 3. The van der Waals surface area contributed by atoms with E-state index in [0.717, 1.165) is 4.90 Å². The van der Waals surface area contributed by atoms with Crippen LogP contribution in [-0.2, 0) is 4.79 Å². The van der Waals surface area contributed by atoms with Crippen LogP contribution in [0.1, 0.15) is 27.0 Å². The lowest BCUT2D eigenvalue weighted by Crippen LogP contribution is -2.22.